The minimum absolute atomic E-state index is 0.0386. The number of amides is 2. The van der Waals surface area contributed by atoms with Crippen molar-refractivity contribution in [3.8, 4) is 11.1 Å². The van der Waals surface area contributed by atoms with E-state index in [2.05, 4.69) is 10.5 Å². The fourth-order valence-electron chi connectivity index (χ4n) is 2.72. The van der Waals surface area contributed by atoms with Gasteiger partial charge in [0, 0.05) is 21.2 Å². The number of benzene rings is 3. The third kappa shape index (κ3) is 4.57. The van der Waals surface area contributed by atoms with Crippen molar-refractivity contribution in [1.82, 2.24) is 5.43 Å². The third-order valence-electron chi connectivity index (χ3n) is 3.88. The number of hydrazone groups is 1. The molecular formula is C21H15Cl2N3O2. The maximum absolute atomic E-state index is 13.1. The number of carbonyl (C=O) groups excluding carboxylic acids is 2. The van der Waals surface area contributed by atoms with Crippen LogP contribution in [0.2, 0.25) is 10.0 Å². The number of nitrogens with two attached hydrogens (primary N) is 1. The van der Waals surface area contributed by atoms with E-state index in [9.17, 15) is 9.59 Å². The quantitative estimate of drug-likeness (QED) is 0.354. The Bertz CT molecular complexity index is 1050. The molecule has 7 heteroatoms. The number of ketones is 1. The molecule has 0 aliphatic heterocycles. The van der Waals surface area contributed by atoms with Crippen LogP contribution in [-0.4, -0.2) is 17.5 Å². The molecule has 0 saturated heterocycles. The summed E-state index contributed by atoms with van der Waals surface area (Å²) in [6, 6.07) is 20.0. The van der Waals surface area contributed by atoms with E-state index in [1.165, 1.54) is 0 Å². The average Bonchev–Trinajstić information content (AvgIpc) is 2.68. The molecule has 0 radical (unpaired) electrons. The van der Waals surface area contributed by atoms with E-state index < -0.39 is 6.03 Å². The summed E-state index contributed by atoms with van der Waals surface area (Å²) in [5.74, 6) is -0.366. The molecule has 3 rings (SSSR count). The first-order valence-corrected chi connectivity index (χ1v) is 9.00. The van der Waals surface area contributed by atoms with Crippen molar-refractivity contribution in [2.75, 3.05) is 0 Å². The highest BCUT2D eigenvalue weighted by atomic mass is 35.5. The van der Waals surface area contributed by atoms with Gasteiger partial charge in [-0.3, -0.25) is 4.79 Å². The fraction of sp³-hybridized carbons (Fsp3) is 0. The maximum atomic E-state index is 13.1. The topological polar surface area (TPSA) is 84.6 Å². The number of primary amides is 1. The van der Waals surface area contributed by atoms with E-state index in [4.69, 9.17) is 28.9 Å². The van der Waals surface area contributed by atoms with Crippen molar-refractivity contribution >= 4 is 40.7 Å². The Morgan fingerprint density at radius 1 is 0.857 bits per heavy atom. The van der Waals surface area contributed by atoms with Crippen molar-refractivity contribution in [2.24, 2.45) is 10.8 Å². The lowest BCUT2D eigenvalue weighted by atomic mass is 9.93. The second-order valence-electron chi connectivity index (χ2n) is 5.84. The van der Waals surface area contributed by atoms with Crippen LogP contribution in [0.15, 0.2) is 77.9 Å². The predicted octanol–water partition coefficient (Wildman–Crippen LogP) is 4.92. The predicted molar refractivity (Wildman–Crippen MR) is 112 cm³/mol. The number of hydrogen-bond donors (Lipinski definition) is 2. The highest BCUT2D eigenvalue weighted by Crippen LogP contribution is 2.30. The van der Waals surface area contributed by atoms with Gasteiger partial charge in [-0.25, -0.2) is 10.2 Å². The Kier molecular flexibility index (Phi) is 6.09. The van der Waals surface area contributed by atoms with Crippen LogP contribution < -0.4 is 11.2 Å². The minimum atomic E-state index is -0.873. The number of nitrogens with zero attached hydrogens (tertiary/aromatic N) is 1. The molecule has 0 spiro atoms. The lowest BCUT2D eigenvalue weighted by Crippen LogP contribution is -2.28. The van der Waals surface area contributed by atoms with Crippen molar-refractivity contribution in [1.29, 1.82) is 0 Å². The molecule has 3 aromatic carbocycles. The molecule has 28 heavy (non-hydrogen) atoms. The van der Waals surface area contributed by atoms with Gasteiger partial charge in [-0.1, -0.05) is 77.8 Å². The average molecular weight is 412 g/mol. The van der Waals surface area contributed by atoms with Gasteiger partial charge in [0.25, 0.3) is 0 Å². The van der Waals surface area contributed by atoms with Crippen LogP contribution in [0.1, 0.15) is 15.9 Å². The Hall–Kier alpha value is -3.15. The molecule has 0 aliphatic carbocycles. The number of nitrogens with one attached hydrogen (secondary N) is 1. The van der Waals surface area contributed by atoms with E-state index in [-0.39, 0.29) is 11.5 Å². The van der Waals surface area contributed by atoms with Crippen molar-refractivity contribution < 1.29 is 9.59 Å². The van der Waals surface area contributed by atoms with Gasteiger partial charge in [0.05, 0.1) is 0 Å². The molecule has 2 amide bonds. The normalized spacial score (nSPS) is 11.1. The van der Waals surface area contributed by atoms with Gasteiger partial charge in [-0.15, -0.1) is 0 Å². The summed E-state index contributed by atoms with van der Waals surface area (Å²) in [5, 5.41) is 4.89. The first-order valence-electron chi connectivity index (χ1n) is 8.24. The summed E-state index contributed by atoms with van der Waals surface area (Å²) in [6.07, 6.45) is 0. The van der Waals surface area contributed by atoms with Crippen LogP contribution in [0, 0.1) is 0 Å². The fourth-order valence-corrected chi connectivity index (χ4v) is 3.25. The van der Waals surface area contributed by atoms with Crippen LogP contribution in [0.4, 0.5) is 4.79 Å². The molecule has 3 N–H and O–H groups in total. The monoisotopic (exact) mass is 411 g/mol. The van der Waals surface area contributed by atoms with E-state index in [1.807, 2.05) is 12.1 Å². The van der Waals surface area contributed by atoms with Gasteiger partial charge in [0.2, 0.25) is 5.78 Å². The highest BCUT2D eigenvalue weighted by Gasteiger charge is 2.20. The largest absolute Gasteiger partial charge is 0.350 e. The second-order valence-corrected chi connectivity index (χ2v) is 6.71. The Morgan fingerprint density at radius 3 is 2.11 bits per heavy atom. The molecular weight excluding hydrogens is 397 g/mol. The summed E-state index contributed by atoms with van der Waals surface area (Å²) in [6.45, 7) is 0. The molecule has 0 atom stereocenters. The molecule has 0 fully saturated rings. The van der Waals surface area contributed by atoms with Crippen LogP contribution >= 0.6 is 23.2 Å². The molecule has 0 heterocycles. The first kappa shape index (κ1) is 19.6. The lowest BCUT2D eigenvalue weighted by Gasteiger charge is -2.13. The molecule has 0 aliphatic rings. The number of hydrogen-bond acceptors (Lipinski definition) is 3. The molecule has 0 aromatic heterocycles. The number of Topliss-reactive ketones (excluding diaryl/α,β-unsaturated/α-hetero) is 1. The lowest BCUT2D eigenvalue weighted by molar-refractivity contribution is 0.106. The standard InChI is InChI=1S/C21H15Cl2N3O2/c22-15-10-14(11-16(23)12-15)17-8-4-5-9-18(17)19(25-26-21(24)28)20(27)13-6-2-1-3-7-13/h1-12H,(H3,24,26,28)/b25-19-. The summed E-state index contributed by atoms with van der Waals surface area (Å²) in [7, 11) is 0. The van der Waals surface area contributed by atoms with Crippen LogP contribution in [0.3, 0.4) is 0 Å². The highest BCUT2D eigenvalue weighted by molar-refractivity contribution is 6.52. The van der Waals surface area contributed by atoms with Gasteiger partial charge < -0.3 is 5.73 Å². The minimum Gasteiger partial charge on any atom is -0.350 e. The zero-order valence-electron chi connectivity index (χ0n) is 14.5. The zero-order valence-corrected chi connectivity index (χ0v) is 16.0. The smallest absolute Gasteiger partial charge is 0.332 e. The van der Waals surface area contributed by atoms with Crippen LogP contribution in [0.5, 0.6) is 0 Å². The van der Waals surface area contributed by atoms with E-state index >= 15 is 0 Å². The Balaban J connectivity index is 2.17. The molecule has 3 aromatic rings. The Labute approximate surface area is 171 Å². The molecule has 0 saturated carbocycles. The Morgan fingerprint density at radius 2 is 1.46 bits per heavy atom. The number of halogens is 2. The number of carbonyl (C=O) groups is 2. The van der Waals surface area contributed by atoms with Gasteiger partial charge in [-0.05, 0) is 29.3 Å². The van der Waals surface area contributed by atoms with E-state index in [1.54, 1.807) is 60.7 Å². The van der Waals surface area contributed by atoms with Crippen LogP contribution in [0.25, 0.3) is 11.1 Å². The first-order chi connectivity index (χ1) is 13.5. The number of urea groups is 1. The van der Waals surface area contributed by atoms with Gasteiger partial charge in [-0.2, -0.15) is 5.10 Å². The molecule has 0 bridgehead atoms. The maximum Gasteiger partial charge on any atom is 0.332 e. The van der Waals surface area contributed by atoms with E-state index in [0.29, 0.717) is 32.3 Å². The van der Waals surface area contributed by atoms with E-state index in [0.717, 1.165) is 0 Å². The molecule has 5 nitrogen and oxygen atoms in total. The zero-order chi connectivity index (χ0) is 20.1. The summed E-state index contributed by atoms with van der Waals surface area (Å²) >= 11 is 12.3. The molecule has 0 unspecified atom stereocenters. The van der Waals surface area contributed by atoms with Gasteiger partial charge in [0.1, 0.15) is 5.71 Å². The van der Waals surface area contributed by atoms with Crippen LogP contribution in [-0.2, 0) is 0 Å². The van der Waals surface area contributed by atoms with Crippen molar-refractivity contribution in [3.63, 3.8) is 0 Å². The SMILES string of the molecule is NC(=O)N/N=C(\C(=O)c1ccccc1)c1ccccc1-c1cc(Cl)cc(Cl)c1. The third-order valence-corrected chi connectivity index (χ3v) is 4.32. The molecule has 140 valence electrons. The number of rotatable bonds is 5. The summed E-state index contributed by atoms with van der Waals surface area (Å²) in [4.78, 5) is 24.3. The van der Waals surface area contributed by atoms with Gasteiger partial charge in [0.15, 0.2) is 0 Å². The van der Waals surface area contributed by atoms with Crippen molar-refractivity contribution in [2.45, 2.75) is 0 Å². The van der Waals surface area contributed by atoms with Crippen molar-refractivity contribution in [3.05, 3.63) is 94.0 Å². The second kappa shape index (κ2) is 8.69. The summed E-state index contributed by atoms with van der Waals surface area (Å²) < 4.78 is 0. The van der Waals surface area contributed by atoms with Gasteiger partial charge >= 0.3 is 6.03 Å². The summed E-state index contributed by atoms with van der Waals surface area (Å²) in [5.41, 5.74) is 9.65.